The second-order valence-corrected chi connectivity index (χ2v) is 12.1. The van der Waals surface area contributed by atoms with Gasteiger partial charge in [0, 0.05) is 0 Å². The van der Waals surface area contributed by atoms with Gasteiger partial charge in [0.15, 0.2) is 0 Å². The fourth-order valence-corrected chi connectivity index (χ4v) is 3.64. The van der Waals surface area contributed by atoms with Crippen LogP contribution in [0.15, 0.2) is 36.5 Å². The zero-order chi connectivity index (χ0) is 10.8. The van der Waals surface area contributed by atoms with Gasteiger partial charge in [0.05, 0.1) is 8.80 Å². The van der Waals surface area contributed by atoms with E-state index in [1.165, 1.54) is 5.19 Å². The maximum atomic E-state index is 3.94. The van der Waals surface area contributed by atoms with E-state index in [9.17, 15) is 0 Å². The molecule has 0 saturated carbocycles. The molecule has 14 heavy (non-hydrogen) atoms. The highest BCUT2D eigenvalue weighted by Crippen LogP contribution is 2.03. The predicted molar refractivity (Wildman–Crippen MR) is 72.3 cm³/mol. The molecule has 1 aromatic rings. The number of rotatable bonds is 3. The Balaban J connectivity index is 2.99. The van der Waals surface area contributed by atoms with Crippen molar-refractivity contribution in [2.75, 3.05) is 0 Å². The highest BCUT2D eigenvalue weighted by atomic mass is 28.3. The summed E-state index contributed by atoms with van der Waals surface area (Å²) in [5.41, 5.74) is 2.15. The standard InChI is InChI=1S/C12H20Si2/c1-6-14(4,5)12-9-7-11(8-10-12)13(2)3/h6-10,13H,1H2,2-5H3. The highest BCUT2D eigenvalue weighted by molar-refractivity contribution is 6.93. The van der Waals surface area contributed by atoms with Crippen LogP contribution < -0.4 is 10.4 Å². The van der Waals surface area contributed by atoms with E-state index in [0.29, 0.717) is 0 Å². The molecular weight excluding hydrogens is 200 g/mol. The van der Waals surface area contributed by atoms with Gasteiger partial charge in [-0.15, -0.1) is 6.58 Å². The van der Waals surface area contributed by atoms with Crippen LogP contribution in [0.2, 0.25) is 26.2 Å². The molecule has 1 aromatic carbocycles. The Morgan fingerprint density at radius 2 is 1.64 bits per heavy atom. The average molecular weight is 220 g/mol. The molecule has 0 heterocycles. The molecule has 0 saturated heterocycles. The summed E-state index contributed by atoms with van der Waals surface area (Å²) in [6.07, 6.45) is 0. The van der Waals surface area contributed by atoms with Crippen molar-refractivity contribution in [1.29, 1.82) is 0 Å². The Kier molecular flexibility index (Phi) is 3.50. The zero-order valence-corrected chi connectivity index (χ0v) is 11.8. The van der Waals surface area contributed by atoms with Crippen molar-refractivity contribution >= 4 is 27.2 Å². The van der Waals surface area contributed by atoms with Crippen molar-refractivity contribution in [1.82, 2.24) is 0 Å². The van der Waals surface area contributed by atoms with E-state index in [1.807, 2.05) is 0 Å². The Morgan fingerprint density at radius 3 is 2.00 bits per heavy atom. The van der Waals surface area contributed by atoms with Gasteiger partial charge in [-0.05, 0) is 0 Å². The second-order valence-electron chi connectivity index (χ2n) is 4.70. The molecule has 0 nitrogen and oxygen atoms in total. The van der Waals surface area contributed by atoms with E-state index in [1.54, 1.807) is 5.19 Å². The van der Waals surface area contributed by atoms with E-state index in [0.717, 1.165) is 0 Å². The van der Waals surface area contributed by atoms with Gasteiger partial charge in [-0.25, -0.2) is 0 Å². The largest absolute Gasteiger partial charge is 0.107 e. The lowest BCUT2D eigenvalue weighted by Crippen LogP contribution is -2.40. The van der Waals surface area contributed by atoms with Crippen molar-refractivity contribution in [2.24, 2.45) is 0 Å². The molecule has 0 bridgehead atoms. The topological polar surface area (TPSA) is 0 Å². The molecule has 0 N–H and O–H groups in total. The van der Waals surface area contributed by atoms with Gasteiger partial charge in [0.25, 0.3) is 0 Å². The molecule has 0 aromatic heterocycles. The van der Waals surface area contributed by atoms with Crippen molar-refractivity contribution in [3.05, 3.63) is 36.5 Å². The molecular formula is C12H20Si2. The van der Waals surface area contributed by atoms with Gasteiger partial charge in [-0.1, -0.05) is 66.5 Å². The van der Waals surface area contributed by atoms with Crippen LogP contribution in [0.5, 0.6) is 0 Å². The first-order valence-corrected chi connectivity index (χ1v) is 11.2. The normalized spacial score (nSPS) is 11.8. The molecule has 0 radical (unpaired) electrons. The minimum Gasteiger partial charge on any atom is -0.107 e. The van der Waals surface area contributed by atoms with Crippen molar-refractivity contribution in [3.8, 4) is 0 Å². The monoisotopic (exact) mass is 220 g/mol. The lowest BCUT2D eigenvalue weighted by Gasteiger charge is -2.18. The van der Waals surface area contributed by atoms with Crippen LogP contribution >= 0.6 is 0 Å². The Labute approximate surface area is 90.3 Å². The van der Waals surface area contributed by atoms with E-state index in [-0.39, 0.29) is 0 Å². The number of hydrogen-bond donors (Lipinski definition) is 0. The molecule has 0 fully saturated rings. The van der Waals surface area contributed by atoms with Crippen LogP contribution in [0.25, 0.3) is 0 Å². The second kappa shape index (κ2) is 4.28. The van der Waals surface area contributed by atoms with E-state index in [4.69, 9.17) is 0 Å². The number of hydrogen-bond acceptors (Lipinski definition) is 0. The lowest BCUT2D eigenvalue weighted by atomic mass is 10.4. The number of benzene rings is 1. The lowest BCUT2D eigenvalue weighted by molar-refractivity contribution is 1.73. The Bertz CT molecular complexity index is 310. The van der Waals surface area contributed by atoms with Gasteiger partial charge in [-0.2, -0.15) is 0 Å². The first kappa shape index (κ1) is 11.5. The third kappa shape index (κ3) is 2.45. The van der Waals surface area contributed by atoms with Gasteiger partial charge < -0.3 is 0 Å². The van der Waals surface area contributed by atoms with Crippen molar-refractivity contribution in [3.63, 3.8) is 0 Å². The van der Waals surface area contributed by atoms with Crippen LogP contribution in [0.4, 0.5) is 0 Å². The van der Waals surface area contributed by atoms with Crippen LogP contribution in [0.3, 0.4) is 0 Å². The molecule has 0 aliphatic heterocycles. The van der Waals surface area contributed by atoms with Gasteiger partial charge >= 0.3 is 0 Å². The van der Waals surface area contributed by atoms with E-state index in [2.05, 4.69) is 62.7 Å². The first-order chi connectivity index (χ1) is 6.47. The van der Waals surface area contributed by atoms with Crippen molar-refractivity contribution in [2.45, 2.75) is 26.2 Å². The third-order valence-corrected chi connectivity index (χ3v) is 7.39. The Morgan fingerprint density at radius 1 is 1.14 bits per heavy atom. The SMILES string of the molecule is C=C[Si](C)(C)c1ccc([SiH](C)C)cc1. The van der Waals surface area contributed by atoms with Crippen LogP contribution in [-0.2, 0) is 0 Å². The van der Waals surface area contributed by atoms with E-state index < -0.39 is 16.9 Å². The van der Waals surface area contributed by atoms with Crippen LogP contribution in [-0.4, -0.2) is 16.9 Å². The summed E-state index contributed by atoms with van der Waals surface area (Å²) in [5.74, 6) is 0. The summed E-state index contributed by atoms with van der Waals surface area (Å²) in [6.45, 7) is 13.3. The summed E-state index contributed by atoms with van der Waals surface area (Å²) < 4.78 is 0. The third-order valence-electron chi connectivity index (χ3n) is 2.83. The first-order valence-electron chi connectivity index (χ1n) is 5.21. The maximum Gasteiger partial charge on any atom is 0.103 e. The van der Waals surface area contributed by atoms with Gasteiger partial charge in [-0.3, -0.25) is 0 Å². The minimum atomic E-state index is -1.33. The fraction of sp³-hybridized carbons (Fsp3) is 0.333. The molecule has 0 amide bonds. The summed E-state index contributed by atoms with van der Waals surface area (Å²) >= 11 is 0. The van der Waals surface area contributed by atoms with Crippen molar-refractivity contribution < 1.29 is 0 Å². The summed E-state index contributed by atoms with van der Waals surface area (Å²) in [4.78, 5) is 0. The quantitative estimate of drug-likeness (QED) is 0.684. The molecule has 0 spiro atoms. The summed E-state index contributed by atoms with van der Waals surface area (Å²) in [7, 11) is -1.95. The minimum absolute atomic E-state index is 0.623. The van der Waals surface area contributed by atoms with Gasteiger partial charge in [0.1, 0.15) is 8.07 Å². The molecule has 0 unspecified atom stereocenters. The molecule has 2 heteroatoms. The summed E-state index contributed by atoms with van der Waals surface area (Å²) in [6, 6.07) is 9.22. The smallest absolute Gasteiger partial charge is 0.103 e. The molecule has 0 aliphatic rings. The molecule has 1 rings (SSSR count). The predicted octanol–water partition coefficient (Wildman–Crippen LogP) is 2.02. The van der Waals surface area contributed by atoms with Crippen LogP contribution in [0, 0.1) is 0 Å². The Hall–Kier alpha value is -0.606. The molecule has 0 aliphatic carbocycles. The fourth-order valence-electron chi connectivity index (χ4n) is 1.42. The molecule has 76 valence electrons. The maximum absolute atomic E-state index is 3.94. The average Bonchev–Trinajstić information content (AvgIpc) is 2.18. The van der Waals surface area contributed by atoms with E-state index >= 15 is 0 Å². The zero-order valence-electron chi connectivity index (χ0n) is 9.67. The van der Waals surface area contributed by atoms with Gasteiger partial charge in [0.2, 0.25) is 0 Å². The van der Waals surface area contributed by atoms with Crippen LogP contribution in [0.1, 0.15) is 0 Å². The highest BCUT2D eigenvalue weighted by Gasteiger charge is 2.18. The molecule has 0 atom stereocenters. The summed E-state index contributed by atoms with van der Waals surface area (Å²) in [5, 5.41) is 3.05.